The molecule has 1 atom stereocenters. The van der Waals surface area contributed by atoms with Crippen molar-refractivity contribution in [2.45, 2.75) is 12.1 Å². The maximum Gasteiger partial charge on any atom is 0.411 e. The largest absolute Gasteiger partial charge is 0.443 e. The summed E-state index contributed by atoms with van der Waals surface area (Å²) in [4.78, 5) is 28.1. The fourth-order valence-corrected chi connectivity index (χ4v) is 3.33. The van der Waals surface area contributed by atoms with E-state index in [9.17, 15) is 14.0 Å². The van der Waals surface area contributed by atoms with Crippen molar-refractivity contribution in [3.05, 3.63) is 66.0 Å². The molecule has 0 bridgehead atoms. The van der Waals surface area contributed by atoms with Crippen LogP contribution in [-0.4, -0.2) is 68.2 Å². The molecule has 2 N–H and O–H groups in total. The predicted molar refractivity (Wildman–Crippen MR) is 113 cm³/mol. The number of hydrogen-bond donors (Lipinski definition) is 2. The zero-order valence-electron chi connectivity index (χ0n) is 17.2. The molecule has 1 heterocycles. The van der Waals surface area contributed by atoms with Crippen molar-refractivity contribution in [2.24, 2.45) is 0 Å². The van der Waals surface area contributed by atoms with Crippen molar-refractivity contribution in [1.29, 1.82) is 0 Å². The van der Waals surface area contributed by atoms with Gasteiger partial charge in [0.15, 0.2) is 0 Å². The van der Waals surface area contributed by atoms with Gasteiger partial charge >= 0.3 is 6.09 Å². The first-order chi connectivity index (χ1) is 14.4. The Morgan fingerprint density at radius 3 is 2.57 bits per heavy atom. The molecule has 2 amide bonds. The number of likely N-dealkylation sites (N-methyl/N-ethyl adjacent to an activating group) is 1. The molecule has 1 unspecified atom stereocenters. The lowest BCUT2D eigenvalue weighted by Crippen LogP contribution is -2.56. The number of carbonyl (C=O) groups is 2. The SMILES string of the molecule is CN(C)C(CNC(=O)CN1CC(OC(=O)Nc2cccc(F)c2)C1)c1ccccc1. The summed E-state index contributed by atoms with van der Waals surface area (Å²) in [5, 5.41) is 5.47. The van der Waals surface area contributed by atoms with Crippen LogP contribution in [0.2, 0.25) is 0 Å². The molecular formula is C22H27FN4O3. The lowest BCUT2D eigenvalue weighted by molar-refractivity contribution is -0.125. The Balaban J connectivity index is 1.36. The summed E-state index contributed by atoms with van der Waals surface area (Å²) in [6.45, 7) is 1.74. The smallest absolute Gasteiger partial charge is 0.411 e. The van der Waals surface area contributed by atoms with E-state index in [0.717, 1.165) is 5.56 Å². The molecule has 0 aromatic heterocycles. The van der Waals surface area contributed by atoms with Gasteiger partial charge < -0.3 is 15.0 Å². The Morgan fingerprint density at radius 2 is 1.90 bits per heavy atom. The number of anilines is 1. The average Bonchev–Trinajstić information content (AvgIpc) is 2.67. The van der Waals surface area contributed by atoms with Crippen molar-refractivity contribution in [3.8, 4) is 0 Å². The van der Waals surface area contributed by atoms with Crippen molar-refractivity contribution in [2.75, 3.05) is 45.6 Å². The number of carbonyl (C=O) groups excluding carboxylic acids is 2. The molecule has 3 rings (SSSR count). The van der Waals surface area contributed by atoms with Gasteiger partial charge in [-0.15, -0.1) is 0 Å². The van der Waals surface area contributed by atoms with E-state index in [1.807, 2.05) is 49.3 Å². The Kier molecular flexibility index (Phi) is 7.37. The molecule has 1 fully saturated rings. The average molecular weight is 414 g/mol. The molecule has 1 aliphatic heterocycles. The molecule has 30 heavy (non-hydrogen) atoms. The molecule has 0 aliphatic carbocycles. The quantitative estimate of drug-likeness (QED) is 0.694. The van der Waals surface area contributed by atoms with E-state index in [1.54, 1.807) is 6.07 Å². The van der Waals surface area contributed by atoms with Gasteiger partial charge in [0.25, 0.3) is 0 Å². The van der Waals surface area contributed by atoms with Gasteiger partial charge in [-0.2, -0.15) is 0 Å². The number of amides is 2. The highest BCUT2D eigenvalue weighted by atomic mass is 19.1. The maximum atomic E-state index is 13.1. The van der Waals surface area contributed by atoms with Crippen LogP contribution in [0.4, 0.5) is 14.9 Å². The number of hydrogen-bond acceptors (Lipinski definition) is 5. The minimum absolute atomic E-state index is 0.0690. The van der Waals surface area contributed by atoms with Crippen molar-refractivity contribution in [1.82, 2.24) is 15.1 Å². The second-order valence-corrected chi connectivity index (χ2v) is 7.55. The van der Waals surface area contributed by atoms with E-state index >= 15 is 0 Å². The van der Waals surface area contributed by atoms with E-state index in [0.29, 0.717) is 25.3 Å². The zero-order valence-corrected chi connectivity index (χ0v) is 17.2. The third-order valence-corrected chi connectivity index (χ3v) is 4.94. The van der Waals surface area contributed by atoms with E-state index in [1.165, 1.54) is 18.2 Å². The lowest BCUT2D eigenvalue weighted by atomic mass is 10.1. The normalized spacial score (nSPS) is 15.3. The zero-order chi connectivity index (χ0) is 21.5. The van der Waals surface area contributed by atoms with Crippen LogP contribution in [0.1, 0.15) is 11.6 Å². The van der Waals surface area contributed by atoms with Gasteiger partial charge in [0, 0.05) is 25.3 Å². The van der Waals surface area contributed by atoms with Crippen LogP contribution in [0.5, 0.6) is 0 Å². The Labute approximate surface area is 175 Å². The topological polar surface area (TPSA) is 73.9 Å². The van der Waals surface area contributed by atoms with Crippen LogP contribution in [0.3, 0.4) is 0 Å². The fourth-order valence-electron chi connectivity index (χ4n) is 3.33. The number of nitrogens with one attached hydrogen (secondary N) is 2. The van der Waals surface area contributed by atoms with Gasteiger partial charge in [0.1, 0.15) is 11.9 Å². The molecule has 0 saturated carbocycles. The molecular weight excluding hydrogens is 387 g/mol. The summed E-state index contributed by atoms with van der Waals surface area (Å²) in [5.41, 5.74) is 1.48. The lowest BCUT2D eigenvalue weighted by Gasteiger charge is -2.37. The molecule has 2 aromatic carbocycles. The predicted octanol–water partition coefficient (Wildman–Crippen LogP) is 2.48. The summed E-state index contributed by atoms with van der Waals surface area (Å²) in [6.07, 6.45) is -0.920. The number of nitrogens with zero attached hydrogens (tertiary/aromatic N) is 2. The van der Waals surface area contributed by atoms with E-state index in [2.05, 4.69) is 15.5 Å². The second-order valence-electron chi connectivity index (χ2n) is 7.55. The molecule has 1 saturated heterocycles. The highest BCUT2D eigenvalue weighted by Crippen LogP contribution is 2.17. The van der Waals surface area contributed by atoms with Crippen molar-refractivity contribution in [3.63, 3.8) is 0 Å². The Hall–Kier alpha value is -2.97. The highest BCUT2D eigenvalue weighted by Gasteiger charge is 2.31. The van der Waals surface area contributed by atoms with E-state index in [4.69, 9.17) is 4.74 Å². The third-order valence-electron chi connectivity index (χ3n) is 4.94. The number of ether oxygens (including phenoxy) is 1. The van der Waals surface area contributed by atoms with Gasteiger partial charge in [-0.05, 0) is 37.9 Å². The van der Waals surface area contributed by atoms with E-state index in [-0.39, 0.29) is 24.6 Å². The van der Waals surface area contributed by atoms with Gasteiger partial charge in [0.05, 0.1) is 12.6 Å². The first-order valence-corrected chi connectivity index (χ1v) is 9.84. The van der Waals surface area contributed by atoms with Gasteiger partial charge in [-0.1, -0.05) is 36.4 Å². The molecule has 8 heteroatoms. The summed E-state index contributed by atoms with van der Waals surface area (Å²) < 4.78 is 18.4. The highest BCUT2D eigenvalue weighted by molar-refractivity contribution is 5.84. The first kappa shape index (κ1) is 21.7. The van der Waals surface area contributed by atoms with Crippen molar-refractivity contribution < 1.29 is 18.7 Å². The molecule has 0 spiro atoms. The summed E-state index contributed by atoms with van der Waals surface area (Å²) >= 11 is 0. The first-order valence-electron chi connectivity index (χ1n) is 9.84. The number of rotatable bonds is 8. The number of halogens is 1. The summed E-state index contributed by atoms with van der Waals surface area (Å²) in [5.74, 6) is -0.502. The van der Waals surface area contributed by atoms with Crippen LogP contribution in [-0.2, 0) is 9.53 Å². The minimum Gasteiger partial charge on any atom is -0.443 e. The number of benzene rings is 2. The molecule has 160 valence electrons. The summed E-state index contributed by atoms with van der Waals surface area (Å²) in [6, 6.07) is 15.7. The van der Waals surface area contributed by atoms with Crippen molar-refractivity contribution >= 4 is 17.7 Å². The summed E-state index contributed by atoms with van der Waals surface area (Å²) in [7, 11) is 3.96. The number of likely N-dealkylation sites (tertiary alicyclic amines) is 1. The third kappa shape index (κ3) is 6.27. The van der Waals surface area contributed by atoms with Gasteiger partial charge in [0.2, 0.25) is 5.91 Å². The molecule has 0 radical (unpaired) electrons. The second kappa shape index (κ2) is 10.2. The van der Waals surface area contributed by atoms with Crippen LogP contribution in [0, 0.1) is 5.82 Å². The Morgan fingerprint density at radius 1 is 1.17 bits per heavy atom. The fraction of sp³-hybridized carbons (Fsp3) is 0.364. The van der Waals surface area contributed by atoms with Crippen LogP contribution in [0.15, 0.2) is 54.6 Å². The molecule has 1 aliphatic rings. The van der Waals surface area contributed by atoms with Gasteiger partial charge in [-0.25, -0.2) is 9.18 Å². The molecule has 7 nitrogen and oxygen atoms in total. The van der Waals surface area contributed by atoms with E-state index < -0.39 is 11.9 Å². The molecule has 2 aromatic rings. The van der Waals surface area contributed by atoms with Crippen LogP contribution in [0.25, 0.3) is 0 Å². The van der Waals surface area contributed by atoms with Crippen LogP contribution < -0.4 is 10.6 Å². The maximum absolute atomic E-state index is 13.1. The minimum atomic E-state index is -0.633. The van der Waals surface area contributed by atoms with Crippen LogP contribution >= 0.6 is 0 Å². The standard InChI is InChI=1S/C22H27FN4O3/c1-26(2)20(16-7-4-3-5-8-16)12-24-21(28)15-27-13-19(14-27)30-22(29)25-18-10-6-9-17(23)11-18/h3-11,19-20H,12-15H2,1-2H3,(H,24,28)(H,25,29). The van der Waals surface area contributed by atoms with Gasteiger partial charge in [-0.3, -0.25) is 15.0 Å². The monoisotopic (exact) mass is 414 g/mol. The Bertz CT molecular complexity index is 856.